The molecule has 31 heavy (non-hydrogen) atoms. The van der Waals surface area contributed by atoms with Gasteiger partial charge in [0.2, 0.25) is 0 Å². The van der Waals surface area contributed by atoms with Gasteiger partial charge in [0.25, 0.3) is 5.56 Å². The van der Waals surface area contributed by atoms with Crippen molar-refractivity contribution < 1.29 is 13.9 Å². The molecular weight excluding hydrogens is 390 g/mol. The van der Waals surface area contributed by atoms with Crippen molar-refractivity contribution in [2.24, 2.45) is 0 Å². The normalized spacial score (nSPS) is 10.4. The number of Topliss-reactive ketones (excluding diaryl/α,β-unsaturated/α-hetero) is 1. The topological polar surface area (TPSA) is 72.3 Å². The minimum atomic E-state index is -0.148. The van der Waals surface area contributed by atoms with Gasteiger partial charge in [-0.05, 0) is 55.3 Å². The molecule has 4 aromatic rings. The number of fused-ring (bicyclic) bond motifs is 1. The number of aromatic nitrogens is 1. The molecule has 0 aliphatic rings. The lowest BCUT2D eigenvalue weighted by atomic mass is 9.99. The van der Waals surface area contributed by atoms with Crippen LogP contribution in [-0.2, 0) is 12.8 Å². The highest BCUT2D eigenvalue weighted by atomic mass is 16.5. The molecule has 2 aromatic heterocycles. The zero-order chi connectivity index (χ0) is 22.2. The van der Waals surface area contributed by atoms with Gasteiger partial charge < -0.3 is 14.1 Å². The number of hydrogen-bond donors (Lipinski definition) is 1. The van der Waals surface area contributed by atoms with E-state index in [2.05, 4.69) is 11.9 Å². The molecule has 2 aromatic carbocycles. The zero-order valence-electron chi connectivity index (χ0n) is 18.1. The smallest absolute Gasteiger partial charge is 0.251 e. The first kappa shape index (κ1) is 22.1. The molecule has 0 atom stereocenters. The summed E-state index contributed by atoms with van der Waals surface area (Å²) in [6.45, 7) is 3.99. The van der Waals surface area contributed by atoms with Crippen molar-refractivity contribution in [1.29, 1.82) is 0 Å². The number of hydrogen-bond acceptors (Lipinski definition) is 4. The number of rotatable bonds is 6. The van der Waals surface area contributed by atoms with Gasteiger partial charge in [0, 0.05) is 34.9 Å². The molecule has 0 radical (unpaired) electrons. The maximum atomic E-state index is 12.4. The lowest BCUT2D eigenvalue weighted by molar-refractivity contribution is 0.0982. The number of nitrogens with one attached hydrogen (secondary N) is 1. The van der Waals surface area contributed by atoms with Gasteiger partial charge in [-0.15, -0.1) is 0 Å². The summed E-state index contributed by atoms with van der Waals surface area (Å²) in [6.07, 6.45) is 3.41. The number of furan rings is 1. The number of ether oxygens (including phenoxy) is 1. The van der Waals surface area contributed by atoms with E-state index in [1.807, 2.05) is 61.5 Å². The highest BCUT2D eigenvalue weighted by Gasteiger charge is 2.11. The second kappa shape index (κ2) is 10.4. The van der Waals surface area contributed by atoms with Crippen LogP contribution in [0.15, 0.2) is 76.1 Å². The van der Waals surface area contributed by atoms with Gasteiger partial charge >= 0.3 is 0 Å². The average molecular weight is 418 g/mol. The molecule has 0 amide bonds. The molecular formula is C26H27NO4. The van der Waals surface area contributed by atoms with Crippen molar-refractivity contribution in [3.05, 3.63) is 99.7 Å². The Morgan fingerprint density at radius 2 is 1.87 bits per heavy atom. The summed E-state index contributed by atoms with van der Waals surface area (Å²) in [5.41, 5.74) is 2.90. The molecule has 1 N–H and O–H groups in total. The Morgan fingerprint density at radius 3 is 2.52 bits per heavy atom. The number of ketones is 1. The summed E-state index contributed by atoms with van der Waals surface area (Å²) in [6, 6.07) is 18.7. The van der Waals surface area contributed by atoms with E-state index in [1.54, 1.807) is 19.4 Å². The summed E-state index contributed by atoms with van der Waals surface area (Å²) in [7, 11) is 1.61. The third-order valence-electron chi connectivity index (χ3n) is 5.12. The number of methoxy groups -OCH3 is 1. The summed E-state index contributed by atoms with van der Waals surface area (Å²) in [4.78, 5) is 27.4. The molecule has 0 aliphatic heterocycles. The summed E-state index contributed by atoms with van der Waals surface area (Å²) >= 11 is 0. The second-order valence-corrected chi connectivity index (χ2v) is 7.25. The van der Waals surface area contributed by atoms with Gasteiger partial charge in [0.1, 0.15) is 11.5 Å². The number of aryl methyl sites for hydroxylation is 3. The van der Waals surface area contributed by atoms with Gasteiger partial charge in [-0.2, -0.15) is 0 Å². The van der Waals surface area contributed by atoms with Gasteiger partial charge in [0.15, 0.2) is 5.78 Å². The first-order valence-corrected chi connectivity index (χ1v) is 10.3. The quantitative estimate of drug-likeness (QED) is 0.420. The Kier molecular flexibility index (Phi) is 7.44. The molecule has 0 fully saturated rings. The molecule has 2 heterocycles. The molecule has 160 valence electrons. The minimum Gasteiger partial charge on any atom is -0.497 e. The fourth-order valence-corrected chi connectivity index (χ4v) is 3.32. The van der Waals surface area contributed by atoms with Gasteiger partial charge in [-0.1, -0.05) is 31.2 Å². The molecule has 0 unspecified atom stereocenters. The summed E-state index contributed by atoms with van der Waals surface area (Å²) in [5, 5.41) is 0.896. The van der Waals surface area contributed by atoms with E-state index in [0.717, 1.165) is 40.0 Å². The van der Waals surface area contributed by atoms with Crippen LogP contribution in [0.1, 0.15) is 40.6 Å². The first-order chi connectivity index (χ1) is 15.0. The van der Waals surface area contributed by atoms with E-state index in [-0.39, 0.29) is 11.3 Å². The van der Waals surface area contributed by atoms with Crippen molar-refractivity contribution >= 4 is 16.7 Å². The van der Waals surface area contributed by atoms with Crippen molar-refractivity contribution in [3.8, 4) is 5.75 Å². The zero-order valence-corrected chi connectivity index (χ0v) is 18.1. The summed E-state index contributed by atoms with van der Waals surface area (Å²) in [5.74, 6) is 1.84. The Labute approximate surface area is 181 Å². The van der Waals surface area contributed by atoms with Crippen LogP contribution >= 0.6 is 0 Å². The molecule has 0 bridgehead atoms. The monoisotopic (exact) mass is 417 g/mol. The van der Waals surface area contributed by atoms with Crippen molar-refractivity contribution in [3.63, 3.8) is 0 Å². The fraction of sp³-hybridized carbons (Fsp3) is 0.231. The van der Waals surface area contributed by atoms with Crippen LogP contribution in [0, 0.1) is 6.92 Å². The molecule has 0 saturated heterocycles. The Morgan fingerprint density at radius 1 is 1.06 bits per heavy atom. The van der Waals surface area contributed by atoms with Crippen LogP contribution in [0.5, 0.6) is 5.75 Å². The number of pyridine rings is 1. The fourth-order valence-electron chi connectivity index (χ4n) is 3.32. The number of H-pyrrole nitrogens is 1. The highest BCUT2D eigenvalue weighted by molar-refractivity contribution is 5.97. The SMILES string of the molecule is CCc1ccco1.COc1ccc2[nH]c(=O)c(CCC(=O)c3ccccc3C)cc2c1. The van der Waals surface area contributed by atoms with Gasteiger partial charge in [0.05, 0.1) is 13.4 Å². The third kappa shape index (κ3) is 5.72. The van der Waals surface area contributed by atoms with Crippen LogP contribution in [0.4, 0.5) is 0 Å². The molecule has 0 saturated carbocycles. The number of carbonyl (C=O) groups is 1. The van der Waals surface area contributed by atoms with E-state index < -0.39 is 0 Å². The number of benzene rings is 2. The highest BCUT2D eigenvalue weighted by Crippen LogP contribution is 2.19. The van der Waals surface area contributed by atoms with Crippen LogP contribution in [0.3, 0.4) is 0 Å². The Hall–Kier alpha value is -3.60. The molecule has 0 spiro atoms. The first-order valence-electron chi connectivity index (χ1n) is 10.3. The van der Waals surface area contributed by atoms with E-state index in [0.29, 0.717) is 18.4 Å². The van der Waals surface area contributed by atoms with Crippen LogP contribution in [-0.4, -0.2) is 17.9 Å². The van der Waals surface area contributed by atoms with E-state index in [9.17, 15) is 9.59 Å². The molecule has 5 nitrogen and oxygen atoms in total. The lowest BCUT2D eigenvalue weighted by Gasteiger charge is -2.06. The molecule has 5 heteroatoms. The molecule has 0 aliphatic carbocycles. The number of aromatic amines is 1. The van der Waals surface area contributed by atoms with Crippen LogP contribution in [0.25, 0.3) is 10.9 Å². The summed E-state index contributed by atoms with van der Waals surface area (Å²) < 4.78 is 10.2. The van der Waals surface area contributed by atoms with E-state index >= 15 is 0 Å². The largest absolute Gasteiger partial charge is 0.497 e. The van der Waals surface area contributed by atoms with E-state index in [1.165, 1.54) is 0 Å². The maximum absolute atomic E-state index is 12.4. The van der Waals surface area contributed by atoms with Crippen molar-refractivity contribution in [2.45, 2.75) is 33.1 Å². The molecule has 4 rings (SSSR count). The van der Waals surface area contributed by atoms with Crippen molar-refractivity contribution in [1.82, 2.24) is 4.98 Å². The van der Waals surface area contributed by atoms with Crippen LogP contribution in [0.2, 0.25) is 0 Å². The number of carbonyl (C=O) groups excluding carboxylic acids is 1. The maximum Gasteiger partial charge on any atom is 0.251 e. The predicted molar refractivity (Wildman–Crippen MR) is 123 cm³/mol. The third-order valence-corrected chi connectivity index (χ3v) is 5.12. The van der Waals surface area contributed by atoms with E-state index in [4.69, 9.17) is 9.15 Å². The Balaban J connectivity index is 0.000000330. The Bertz CT molecular complexity index is 1210. The lowest BCUT2D eigenvalue weighted by Crippen LogP contribution is -2.14. The second-order valence-electron chi connectivity index (χ2n) is 7.25. The predicted octanol–water partition coefficient (Wildman–Crippen LogP) is 5.50. The van der Waals surface area contributed by atoms with Crippen LogP contribution < -0.4 is 10.3 Å². The van der Waals surface area contributed by atoms with Gasteiger partial charge in [-0.3, -0.25) is 9.59 Å². The average Bonchev–Trinajstić information content (AvgIpc) is 3.32. The minimum absolute atomic E-state index is 0.0539. The van der Waals surface area contributed by atoms with Gasteiger partial charge in [-0.25, -0.2) is 0 Å². The van der Waals surface area contributed by atoms with Crippen molar-refractivity contribution in [2.75, 3.05) is 7.11 Å². The standard InChI is InChI=1S/C20H19NO3.C6H8O/c1-13-5-3-4-6-17(13)19(22)10-7-14-11-15-12-16(24-2)8-9-18(15)21-20(14)23;1-2-6-4-3-5-7-6/h3-6,8-9,11-12H,7,10H2,1-2H3,(H,21,23);3-5H,2H2,1H3.